The van der Waals surface area contributed by atoms with Crippen molar-refractivity contribution in [3.8, 4) is 0 Å². The van der Waals surface area contributed by atoms with Gasteiger partial charge in [-0.05, 0) is 37.3 Å². The number of H-pyrrole nitrogens is 1. The highest BCUT2D eigenvalue weighted by Crippen LogP contribution is 2.49. The van der Waals surface area contributed by atoms with Gasteiger partial charge in [-0.25, -0.2) is 0 Å². The van der Waals surface area contributed by atoms with Crippen LogP contribution in [0.25, 0.3) is 10.9 Å². The molecule has 1 aromatic carbocycles. The Morgan fingerprint density at radius 1 is 1.31 bits per heavy atom. The average molecular weight is 213 g/mol. The summed E-state index contributed by atoms with van der Waals surface area (Å²) >= 11 is 0. The SMILES string of the molecule is NC1(c2cccc3n[nH]c(C4CC4)c23)CC1. The maximum atomic E-state index is 6.34. The average Bonchev–Trinajstić information content (AvgIpc) is 3.21. The van der Waals surface area contributed by atoms with Crippen molar-refractivity contribution in [2.75, 3.05) is 0 Å². The summed E-state index contributed by atoms with van der Waals surface area (Å²) in [4.78, 5) is 0. The topological polar surface area (TPSA) is 54.7 Å². The van der Waals surface area contributed by atoms with Gasteiger partial charge in [-0.1, -0.05) is 12.1 Å². The smallest absolute Gasteiger partial charge is 0.0927 e. The van der Waals surface area contributed by atoms with E-state index in [1.165, 1.54) is 29.5 Å². The predicted octanol–water partition coefficient (Wildman–Crippen LogP) is 2.39. The van der Waals surface area contributed by atoms with Gasteiger partial charge < -0.3 is 5.73 Å². The van der Waals surface area contributed by atoms with E-state index in [9.17, 15) is 0 Å². The van der Waals surface area contributed by atoms with Crippen LogP contribution in [-0.4, -0.2) is 10.2 Å². The highest BCUT2D eigenvalue weighted by Gasteiger charge is 2.42. The molecule has 0 spiro atoms. The summed E-state index contributed by atoms with van der Waals surface area (Å²) in [6.45, 7) is 0. The van der Waals surface area contributed by atoms with E-state index in [-0.39, 0.29) is 5.54 Å². The molecular formula is C13H15N3. The third kappa shape index (κ3) is 1.09. The molecule has 0 unspecified atom stereocenters. The van der Waals surface area contributed by atoms with Crippen molar-refractivity contribution in [2.45, 2.75) is 37.1 Å². The summed E-state index contributed by atoms with van der Waals surface area (Å²) in [5, 5.41) is 8.92. The summed E-state index contributed by atoms with van der Waals surface area (Å²) < 4.78 is 0. The summed E-state index contributed by atoms with van der Waals surface area (Å²) in [5.41, 5.74) is 9.99. The van der Waals surface area contributed by atoms with Crippen LogP contribution >= 0.6 is 0 Å². The van der Waals surface area contributed by atoms with Crippen molar-refractivity contribution in [2.24, 2.45) is 5.73 Å². The number of nitrogens with one attached hydrogen (secondary N) is 1. The molecule has 1 aromatic heterocycles. The molecule has 82 valence electrons. The molecule has 2 aromatic rings. The number of hydrogen-bond donors (Lipinski definition) is 2. The van der Waals surface area contributed by atoms with Gasteiger partial charge >= 0.3 is 0 Å². The molecule has 2 aliphatic carbocycles. The van der Waals surface area contributed by atoms with Gasteiger partial charge in [-0.3, -0.25) is 5.10 Å². The Morgan fingerprint density at radius 3 is 2.81 bits per heavy atom. The largest absolute Gasteiger partial charge is 0.321 e. The van der Waals surface area contributed by atoms with Gasteiger partial charge in [0, 0.05) is 22.5 Å². The van der Waals surface area contributed by atoms with Gasteiger partial charge in [0.2, 0.25) is 0 Å². The molecule has 0 bridgehead atoms. The third-order valence-electron chi connectivity index (χ3n) is 3.92. The van der Waals surface area contributed by atoms with Crippen molar-refractivity contribution < 1.29 is 0 Å². The summed E-state index contributed by atoms with van der Waals surface area (Å²) in [7, 11) is 0. The van der Waals surface area contributed by atoms with Crippen LogP contribution in [0.4, 0.5) is 0 Å². The zero-order valence-electron chi connectivity index (χ0n) is 9.16. The second-order valence-corrected chi connectivity index (χ2v) is 5.27. The van der Waals surface area contributed by atoms with E-state index in [1.54, 1.807) is 0 Å². The number of nitrogens with zero attached hydrogens (tertiary/aromatic N) is 1. The Hall–Kier alpha value is -1.35. The fourth-order valence-corrected chi connectivity index (χ4v) is 2.58. The minimum Gasteiger partial charge on any atom is -0.321 e. The molecule has 2 saturated carbocycles. The second kappa shape index (κ2) is 2.66. The van der Waals surface area contributed by atoms with Crippen LogP contribution in [0, 0.1) is 0 Å². The normalized spacial score (nSPS) is 22.6. The zero-order chi connectivity index (χ0) is 10.8. The van der Waals surface area contributed by atoms with E-state index in [4.69, 9.17) is 5.73 Å². The van der Waals surface area contributed by atoms with Crippen molar-refractivity contribution in [3.63, 3.8) is 0 Å². The first-order chi connectivity index (χ1) is 7.78. The molecule has 1 heterocycles. The van der Waals surface area contributed by atoms with Crippen molar-refractivity contribution in [3.05, 3.63) is 29.5 Å². The maximum absolute atomic E-state index is 6.34. The monoisotopic (exact) mass is 213 g/mol. The van der Waals surface area contributed by atoms with Crippen molar-refractivity contribution in [1.82, 2.24) is 10.2 Å². The molecule has 16 heavy (non-hydrogen) atoms. The Kier molecular flexibility index (Phi) is 1.46. The Morgan fingerprint density at radius 2 is 2.12 bits per heavy atom. The standard InChI is InChI=1S/C13H15N3/c14-13(6-7-13)9-2-1-3-10-11(9)12(16-15-10)8-4-5-8/h1-3,8H,4-7,14H2,(H,15,16). The first-order valence-electron chi connectivity index (χ1n) is 6.04. The van der Waals surface area contributed by atoms with Crippen LogP contribution in [0.15, 0.2) is 18.2 Å². The third-order valence-corrected chi connectivity index (χ3v) is 3.92. The molecule has 0 atom stereocenters. The Balaban J connectivity index is 2.02. The van der Waals surface area contributed by atoms with Crippen LogP contribution in [0.5, 0.6) is 0 Å². The highest BCUT2D eigenvalue weighted by atomic mass is 15.1. The Bertz CT molecular complexity index is 562. The van der Waals surface area contributed by atoms with Gasteiger partial charge in [-0.2, -0.15) is 5.10 Å². The van der Waals surface area contributed by atoms with Gasteiger partial charge in [0.05, 0.1) is 5.52 Å². The van der Waals surface area contributed by atoms with Gasteiger partial charge in [-0.15, -0.1) is 0 Å². The van der Waals surface area contributed by atoms with E-state index < -0.39 is 0 Å². The number of rotatable bonds is 2. The molecule has 3 nitrogen and oxygen atoms in total. The fourth-order valence-electron chi connectivity index (χ4n) is 2.58. The van der Waals surface area contributed by atoms with E-state index in [0.29, 0.717) is 5.92 Å². The lowest BCUT2D eigenvalue weighted by Gasteiger charge is -2.11. The Labute approximate surface area is 94.0 Å². The molecule has 4 rings (SSSR count). The quantitative estimate of drug-likeness (QED) is 0.804. The molecule has 0 saturated heterocycles. The molecule has 0 radical (unpaired) electrons. The lowest BCUT2D eigenvalue weighted by molar-refractivity contribution is 0.747. The second-order valence-electron chi connectivity index (χ2n) is 5.27. The lowest BCUT2D eigenvalue weighted by Crippen LogP contribution is -2.19. The zero-order valence-corrected chi connectivity index (χ0v) is 9.16. The van der Waals surface area contributed by atoms with Crippen LogP contribution < -0.4 is 5.73 Å². The number of aromatic nitrogens is 2. The molecule has 2 fully saturated rings. The fraction of sp³-hybridized carbons (Fsp3) is 0.462. The number of hydrogen-bond acceptors (Lipinski definition) is 2. The van der Waals surface area contributed by atoms with Gasteiger partial charge in [0.25, 0.3) is 0 Å². The van der Waals surface area contributed by atoms with E-state index >= 15 is 0 Å². The van der Waals surface area contributed by atoms with Crippen molar-refractivity contribution in [1.29, 1.82) is 0 Å². The molecule has 0 amide bonds. The molecular weight excluding hydrogens is 198 g/mol. The van der Waals surface area contributed by atoms with E-state index in [1.807, 2.05) is 0 Å². The van der Waals surface area contributed by atoms with Gasteiger partial charge in [0.15, 0.2) is 0 Å². The number of nitrogens with two attached hydrogens (primary N) is 1. The van der Waals surface area contributed by atoms with Crippen LogP contribution in [0.3, 0.4) is 0 Å². The van der Waals surface area contributed by atoms with E-state index in [0.717, 1.165) is 18.4 Å². The van der Waals surface area contributed by atoms with E-state index in [2.05, 4.69) is 28.4 Å². The summed E-state index contributed by atoms with van der Waals surface area (Å²) in [5.74, 6) is 0.702. The minimum atomic E-state index is -0.0625. The molecule has 0 aliphatic heterocycles. The maximum Gasteiger partial charge on any atom is 0.0927 e. The number of aromatic amines is 1. The molecule has 2 aliphatic rings. The first-order valence-corrected chi connectivity index (χ1v) is 6.04. The van der Waals surface area contributed by atoms with Crippen LogP contribution in [-0.2, 0) is 5.54 Å². The minimum absolute atomic E-state index is 0.0625. The lowest BCUT2D eigenvalue weighted by atomic mass is 9.98. The van der Waals surface area contributed by atoms with Crippen molar-refractivity contribution >= 4 is 10.9 Å². The van der Waals surface area contributed by atoms with Crippen LogP contribution in [0.2, 0.25) is 0 Å². The summed E-state index contributed by atoms with van der Waals surface area (Å²) in [6.07, 6.45) is 4.81. The number of benzene rings is 1. The number of fused-ring (bicyclic) bond motifs is 1. The predicted molar refractivity (Wildman–Crippen MR) is 63.2 cm³/mol. The summed E-state index contributed by atoms with van der Waals surface area (Å²) in [6, 6.07) is 6.33. The molecule has 3 N–H and O–H groups in total. The first kappa shape index (κ1) is 8.76. The van der Waals surface area contributed by atoms with Gasteiger partial charge in [0.1, 0.15) is 0 Å². The van der Waals surface area contributed by atoms with Crippen LogP contribution in [0.1, 0.15) is 42.9 Å². The molecule has 3 heteroatoms. The highest BCUT2D eigenvalue weighted by molar-refractivity contribution is 5.87.